The number of hydrogen-bond donors (Lipinski definition) is 4. The molecule has 3 aromatic heterocycles. The van der Waals surface area contributed by atoms with Crippen molar-refractivity contribution in [3.63, 3.8) is 0 Å². The number of allylic oxidation sites excluding steroid dienone is 3. The van der Waals surface area contributed by atoms with Crippen LogP contribution in [0, 0.1) is 13.8 Å². The lowest BCUT2D eigenvalue weighted by atomic mass is 9.99. The average Bonchev–Trinajstić information content (AvgIpc) is 3.50. The summed E-state index contributed by atoms with van der Waals surface area (Å²) in [7, 11) is 0. The third-order valence-corrected chi connectivity index (χ3v) is 9.81. The van der Waals surface area contributed by atoms with Crippen LogP contribution in [-0.4, -0.2) is 53.1 Å². The molecule has 0 amide bonds. The molecule has 9 heteroatoms. The quantitative estimate of drug-likeness (QED) is 0.200. The van der Waals surface area contributed by atoms with Crippen molar-refractivity contribution in [3.05, 3.63) is 69.3 Å². The zero-order valence-corrected chi connectivity index (χ0v) is 26.0. The molecule has 0 aromatic carbocycles. The first-order valence-corrected chi connectivity index (χ1v) is 15.8. The fraction of sp³-hybridized carbons (Fsp3) is 0.353. The lowest BCUT2D eigenvalue weighted by Gasteiger charge is -2.03. The van der Waals surface area contributed by atoms with Crippen LogP contribution in [0.25, 0.3) is 44.4 Å². The molecule has 0 unspecified atom stereocenters. The van der Waals surface area contributed by atoms with Crippen molar-refractivity contribution in [3.8, 4) is 0 Å². The van der Waals surface area contributed by atoms with Crippen molar-refractivity contribution >= 4 is 68.1 Å². The maximum atomic E-state index is 11.6. The lowest BCUT2D eigenvalue weighted by molar-refractivity contribution is -0.137. The van der Waals surface area contributed by atoms with Crippen LogP contribution in [0.5, 0.6) is 0 Å². The molecule has 3 aliphatic rings. The Kier molecular flexibility index (Phi) is 7.54. The molecule has 1 fully saturated rings. The van der Waals surface area contributed by atoms with E-state index in [2.05, 4.69) is 42.9 Å². The van der Waals surface area contributed by atoms with Gasteiger partial charge in [-0.3, -0.25) is 9.59 Å². The van der Waals surface area contributed by atoms with Gasteiger partial charge in [-0.15, -0.1) is 0 Å². The molecule has 0 spiro atoms. The topological polar surface area (TPSA) is 132 Å². The number of nitrogens with one attached hydrogen (secondary N) is 2. The number of nitrogens with zero attached hydrogens (tertiary/aromatic N) is 2. The SMILES string of the molecule is CCc1c(C)c2cc3nc(cc4nc(cc5[nH]c(cc1[nH]2)c(C)c5CCC(=O)O)C(CCC(=O)O)=C4C)C(C)=C3[C@@H]1CS1. The van der Waals surface area contributed by atoms with Gasteiger partial charge in [-0.05, 0) is 116 Å². The van der Waals surface area contributed by atoms with E-state index in [1.165, 1.54) is 16.7 Å². The Morgan fingerprint density at radius 2 is 1.33 bits per heavy atom. The minimum absolute atomic E-state index is 0.00390. The number of aromatic nitrogens is 4. The van der Waals surface area contributed by atoms with E-state index in [-0.39, 0.29) is 12.8 Å². The summed E-state index contributed by atoms with van der Waals surface area (Å²) in [5.74, 6) is -0.635. The van der Waals surface area contributed by atoms with Crippen molar-refractivity contribution in [2.24, 2.45) is 0 Å². The summed E-state index contributed by atoms with van der Waals surface area (Å²) < 4.78 is 0. The molecule has 6 heterocycles. The van der Waals surface area contributed by atoms with Gasteiger partial charge in [-0.2, -0.15) is 11.8 Å². The summed E-state index contributed by atoms with van der Waals surface area (Å²) in [5, 5.41) is 19.4. The van der Waals surface area contributed by atoms with Crippen molar-refractivity contribution in [1.82, 2.24) is 19.9 Å². The fourth-order valence-electron chi connectivity index (χ4n) is 6.36. The maximum Gasteiger partial charge on any atom is 0.303 e. The summed E-state index contributed by atoms with van der Waals surface area (Å²) in [6.07, 6.45) is 1.56. The lowest BCUT2D eigenvalue weighted by Crippen LogP contribution is -1.98. The molecule has 0 radical (unpaired) electrons. The number of carbonyl (C=O) groups is 2. The van der Waals surface area contributed by atoms with Crippen molar-refractivity contribution in [2.45, 2.75) is 72.0 Å². The molecule has 8 bridgehead atoms. The van der Waals surface area contributed by atoms with Crippen LogP contribution >= 0.6 is 11.8 Å². The summed E-state index contributed by atoms with van der Waals surface area (Å²) in [4.78, 5) is 40.5. The van der Waals surface area contributed by atoms with Gasteiger partial charge in [0.15, 0.2) is 0 Å². The molecular formula is C34H36N4O4S. The third kappa shape index (κ3) is 5.42. The molecule has 1 atom stereocenters. The number of fused-ring (bicyclic) bond motifs is 8. The van der Waals surface area contributed by atoms with Gasteiger partial charge in [0.05, 0.1) is 22.8 Å². The number of rotatable bonds is 8. The number of aryl methyl sites for hydroxylation is 4. The normalized spacial score (nSPS) is 16.3. The summed E-state index contributed by atoms with van der Waals surface area (Å²) in [5.41, 5.74) is 15.7. The average molecular weight is 597 g/mol. The number of hydrogen-bond acceptors (Lipinski definition) is 5. The third-order valence-electron chi connectivity index (χ3n) is 8.91. The molecule has 6 rings (SSSR count). The standard InChI is InChI=1S/C34H36N4O4S/c1-6-20-16(2)25-13-30-34(31-15-43-31)19(5)26(38-30)11-23-17(3)21(7-9-32(39)40)28(36-23)14-29-22(8-10-33(41)42)18(4)24(37-29)12-27(20)35-25/h11-14,31,35,37H,6-10,15H2,1-5H3,(H,39,40)(H,41,42)/t31-/m0/s1. The molecule has 8 nitrogen and oxygen atoms in total. The smallest absolute Gasteiger partial charge is 0.303 e. The second-order valence-electron chi connectivity index (χ2n) is 11.6. The number of aliphatic carboxylic acids is 2. The number of carboxylic acid groups (broad SMARTS) is 2. The van der Waals surface area contributed by atoms with E-state index < -0.39 is 11.9 Å². The van der Waals surface area contributed by atoms with Crippen LogP contribution in [0.3, 0.4) is 0 Å². The molecular weight excluding hydrogens is 560 g/mol. The predicted molar refractivity (Wildman–Crippen MR) is 174 cm³/mol. The van der Waals surface area contributed by atoms with E-state index in [4.69, 9.17) is 9.97 Å². The highest BCUT2D eigenvalue weighted by molar-refractivity contribution is 8.07. The molecule has 3 aromatic rings. The molecule has 0 saturated carbocycles. The number of H-pyrrole nitrogens is 2. The van der Waals surface area contributed by atoms with Crippen LogP contribution in [0.1, 0.15) is 85.1 Å². The van der Waals surface area contributed by atoms with Gasteiger partial charge in [0.25, 0.3) is 0 Å². The van der Waals surface area contributed by atoms with Crippen molar-refractivity contribution < 1.29 is 19.8 Å². The second kappa shape index (κ2) is 11.2. The zero-order chi connectivity index (χ0) is 30.6. The fourth-order valence-corrected chi connectivity index (χ4v) is 7.09. The Labute approximate surface area is 254 Å². The van der Waals surface area contributed by atoms with Crippen molar-refractivity contribution in [1.29, 1.82) is 0 Å². The van der Waals surface area contributed by atoms with Crippen molar-refractivity contribution in [2.75, 3.05) is 5.75 Å². The first-order chi connectivity index (χ1) is 20.5. The van der Waals surface area contributed by atoms with Gasteiger partial charge < -0.3 is 20.2 Å². The highest BCUT2D eigenvalue weighted by Crippen LogP contribution is 2.47. The molecule has 0 aliphatic carbocycles. The number of thioether (sulfide) groups is 1. The first-order valence-electron chi connectivity index (χ1n) is 14.8. The van der Waals surface area contributed by atoms with E-state index in [1.54, 1.807) is 0 Å². The number of aromatic amines is 2. The molecule has 1 saturated heterocycles. The monoisotopic (exact) mass is 596 g/mol. The van der Waals surface area contributed by atoms with E-state index in [1.807, 2.05) is 37.7 Å². The Hall–Kier alpha value is -4.11. The number of carboxylic acids is 2. The first kappa shape index (κ1) is 29.0. The molecule has 222 valence electrons. The van der Waals surface area contributed by atoms with Gasteiger partial charge in [-0.1, -0.05) is 6.92 Å². The zero-order valence-electron chi connectivity index (χ0n) is 25.1. The van der Waals surface area contributed by atoms with Crippen LogP contribution < -0.4 is 0 Å². The maximum absolute atomic E-state index is 11.6. The molecule has 43 heavy (non-hydrogen) atoms. The van der Waals surface area contributed by atoms with E-state index in [0.29, 0.717) is 23.8 Å². The van der Waals surface area contributed by atoms with Gasteiger partial charge in [-0.25, -0.2) is 9.97 Å². The minimum Gasteiger partial charge on any atom is -0.481 e. The summed E-state index contributed by atoms with van der Waals surface area (Å²) in [6.45, 7) is 10.4. The van der Waals surface area contributed by atoms with E-state index in [0.717, 1.165) is 79.2 Å². The molecule has 4 N–H and O–H groups in total. The molecule has 3 aliphatic heterocycles. The van der Waals surface area contributed by atoms with Crippen LogP contribution in [0.2, 0.25) is 0 Å². The van der Waals surface area contributed by atoms with Gasteiger partial charge in [0, 0.05) is 45.9 Å². The van der Waals surface area contributed by atoms with Crippen LogP contribution in [0.4, 0.5) is 0 Å². The predicted octanol–water partition coefficient (Wildman–Crippen LogP) is 7.35. The Morgan fingerprint density at radius 1 is 0.767 bits per heavy atom. The highest BCUT2D eigenvalue weighted by Gasteiger charge is 2.33. The van der Waals surface area contributed by atoms with Crippen LogP contribution in [0.15, 0.2) is 24.3 Å². The van der Waals surface area contributed by atoms with Gasteiger partial charge in [0.1, 0.15) is 0 Å². The second-order valence-corrected chi connectivity index (χ2v) is 12.8. The minimum atomic E-state index is -0.863. The Balaban J connectivity index is 1.72. The van der Waals surface area contributed by atoms with E-state index >= 15 is 0 Å². The van der Waals surface area contributed by atoms with Gasteiger partial charge in [0.2, 0.25) is 0 Å². The largest absolute Gasteiger partial charge is 0.481 e. The Bertz CT molecular complexity index is 1920. The summed E-state index contributed by atoms with van der Waals surface area (Å²) >= 11 is 1.93. The highest BCUT2D eigenvalue weighted by atomic mass is 32.2. The summed E-state index contributed by atoms with van der Waals surface area (Å²) in [6, 6.07) is 8.27. The Morgan fingerprint density at radius 3 is 1.98 bits per heavy atom. The van der Waals surface area contributed by atoms with Crippen LogP contribution in [-0.2, 0) is 22.4 Å². The van der Waals surface area contributed by atoms with Gasteiger partial charge >= 0.3 is 11.9 Å². The van der Waals surface area contributed by atoms with E-state index in [9.17, 15) is 19.8 Å².